The number of hydrogen-bond donors (Lipinski definition) is 2. The lowest BCUT2D eigenvalue weighted by atomic mass is 10.2. The van der Waals surface area contributed by atoms with Gasteiger partial charge in [-0.2, -0.15) is 0 Å². The van der Waals surface area contributed by atoms with E-state index in [1.165, 1.54) is 0 Å². The summed E-state index contributed by atoms with van der Waals surface area (Å²) in [7, 11) is 1.61. The van der Waals surface area contributed by atoms with Crippen LogP contribution in [-0.2, 0) is 0 Å². The molecule has 1 aromatic carbocycles. The number of aliphatic hydroxyl groups is 1. The molecule has 18 heavy (non-hydrogen) atoms. The van der Waals surface area contributed by atoms with Gasteiger partial charge in [0.2, 0.25) is 0 Å². The average Bonchev–Trinajstić information content (AvgIpc) is 2.89. The van der Waals surface area contributed by atoms with Gasteiger partial charge in [-0.25, -0.2) is 0 Å². The van der Waals surface area contributed by atoms with E-state index in [0.717, 1.165) is 15.9 Å². The molecule has 2 aromatic rings. The number of anilines is 1. The van der Waals surface area contributed by atoms with Crippen LogP contribution in [0.1, 0.15) is 11.9 Å². The summed E-state index contributed by atoms with van der Waals surface area (Å²) in [5.74, 6) is 1.30. The number of rotatable bonds is 5. The lowest BCUT2D eigenvalue weighted by Crippen LogP contribution is -2.11. The van der Waals surface area contributed by atoms with Crippen molar-refractivity contribution in [1.29, 1.82) is 0 Å². The molecular formula is C13H14BrNO3. The Morgan fingerprint density at radius 3 is 2.94 bits per heavy atom. The molecule has 2 rings (SSSR count). The first-order chi connectivity index (χ1) is 8.69. The van der Waals surface area contributed by atoms with Gasteiger partial charge in [-0.3, -0.25) is 0 Å². The second kappa shape index (κ2) is 5.93. The fourth-order valence-corrected chi connectivity index (χ4v) is 2.05. The Labute approximate surface area is 114 Å². The molecule has 0 saturated carbocycles. The van der Waals surface area contributed by atoms with E-state index in [1.807, 2.05) is 18.2 Å². The van der Waals surface area contributed by atoms with Crippen LogP contribution >= 0.6 is 15.9 Å². The van der Waals surface area contributed by atoms with E-state index in [-0.39, 0.29) is 0 Å². The van der Waals surface area contributed by atoms with Gasteiger partial charge in [0.25, 0.3) is 0 Å². The van der Waals surface area contributed by atoms with Gasteiger partial charge in [0.1, 0.15) is 17.6 Å². The van der Waals surface area contributed by atoms with E-state index < -0.39 is 6.10 Å². The quantitative estimate of drug-likeness (QED) is 0.890. The molecule has 96 valence electrons. The number of nitrogens with one attached hydrogen (secondary N) is 1. The predicted molar refractivity (Wildman–Crippen MR) is 72.9 cm³/mol. The van der Waals surface area contributed by atoms with Crippen LogP contribution in [0.3, 0.4) is 0 Å². The van der Waals surface area contributed by atoms with Gasteiger partial charge >= 0.3 is 0 Å². The highest BCUT2D eigenvalue weighted by Crippen LogP contribution is 2.25. The number of aliphatic hydroxyl groups excluding tert-OH is 1. The molecule has 1 heterocycles. The molecule has 1 aromatic heterocycles. The second-order valence-electron chi connectivity index (χ2n) is 3.79. The van der Waals surface area contributed by atoms with E-state index >= 15 is 0 Å². The van der Waals surface area contributed by atoms with E-state index in [0.29, 0.717) is 12.3 Å². The van der Waals surface area contributed by atoms with Gasteiger partial charge < -0.3 is 19.6 Å². The molecule has 0 amide bonds. The SMILES string of the molecule is COc1cc(Br)cc(NCC(O)c2ccco2)c1. The van der Waals surface area contributed by atoms with Crippen LogP contribution in [0.4, 0.5) is 5.69 Å². The number of halogens is 1. The molecule has 0 aliphatic rings. The van der Waals surface area contributed by atoms with Crippen LogP contribution in [0.2, 0.25) is 0 Å². The van der Waals surface area contributed by atoms with Crippen LogP contribution in [0.5, 0.6) is 5.75 Å². The molecule has 0 fully saturated rings. The first-order valence-corrected chi connectivity index (χ1v) is 6.28. The first kappa shape index (κ1) is 13.0. The van der Waals surface area contributed by atoms with Gasteiger partial charge in [0, 0.05) is 22.8 Å². The van der Waals surface area contributed by atoms with Crippen molar-refractivity contribution in [3.05, 3.63) is 46.8 Å². The monoisotopic (exact) mass is 311 g/mol. The average molecular weight is 312 g/mol. The van der Waals surface area contributed by atoms with Gasteiger partial charge in [-0.15, -0.1) is 0 Å². The second-order valence-corrected chi connectivity index (χ2v) is 4.71. The number of benzene rings is 1. The highest BCUT2D eigenvalue weighted by atomic mass is 79.9. The Hall–Kier alpha value is -1.46. The maximum atomic E-state index is 9.87. The van der Waals surface area contributed by atoms with Gasteiger partial charge in [0.05, 0.1) is 13.4 Å². The normalized spacial score (nSPS) is 12.2. The summed E-state index contributed by atoms with van der Waals surface area (Å²) in [5, 5.41) is 13.0. The third-order valence-electron chi connectivity index (χ3n) is 2.48. The Bertz CT molecular complexity index is 499. The van der Waals surface area contributed by atoms with Crippen LogP contribution in [0.15, 0.2) is 45.5 Å². The number of hydrogen-bond acceptors (Lipinski definition) is 4. The lowest BCUT2D eigenvalue weighted by Gasteiger charge is -2.12. The van der Waals surface area contributed by atoms with E-state index in [4.69, 9.17) is 9.15 Å². The summed E-state index contributed by atoms with van der Waals surface area (Å²) in [5.41, 5.74) is 0.867. The van der Waals surface area contributed by atoms with E-state index in [1.54, 1.807) is 25.5 Å². The van der Waals surface area contributed by atoms with Crippen molar-refractivity contribution in [1.82, 2.24) is 0 Å². The molecule has 0 aliphatic heterocycles. The zero-order valence-corrected chi connectivity index (χ0v) is 11.5. The maximum Gasteiger partial charge on any atom is 0.134 e. The Kier molecular flexibility index (Phi) is 4.28. The van der Waals surface area contributed by atoms with Crippen molar-refractivity contribution in [3.63, 3.8) is 0 Å². The predicted octanol–water partition coefficient (Wildman–Crippen LogP) is 3.20. The zero-order valence-electron chi connectivity index (χ0n) is 9.89. The fourth-order valence-electron chi connectivity index (χ4n) is 1.58. The molecule has 1 atom stereocenters. The van der Waals surface area contributed by atoms with Crippen molar-refractivity contribution in [2.75, 3.05) is 19.0 Å². The van der Waals surface area contributed by atoms with Crippen molar-refractivity contribution in [2.45, 2.75) is 6.10 Å². The lowest BCUT2D eigenvalue weighted by molar-refractivity contribution is 0.162. The largest absolute Gasteiger partial charge is 0.497 e. The molecule has 0 aliphatic carbocycles. The van der Waals surface area contributed by atoms with Crippen LogP contribution < -0.4 is 10.1 Å². The molecule has 0 spiro atoms. The minimum Gasteiger partial charge on any atom is -0.497 e. The van der Waals surface area contributed by atoms with Gasteiger partial charge in [-0.05, 0) is 24.3 Å². The highest BCUT2D eigenvalue weighted by Gasteiger charge is 2.10. The molecule has 0 bridgehead atoms. The first-order valence-electron chi connectivity index (χ1n) is 5.49. The summed E-state index contributed by atoms with van der Waals surface area (Å²) in [4.78, 5) is 0. The topological polar surface area (TPSA) is 54.6 Å². The smallest absolute Gasteiger partial charge is 0.134 e. The summed E-state index contributed by atoms with van der Waals surface area (Å²) < 4.78 is 11.2. The van der Waals surface area contributed by atoms with Crippen molar-refractivity contribution >= 4 is 21.6 Å². The highest BCUT2D eigenvalue weighted by molar-refractivity contribution is 9.10. The van der Waals surface area contributed by atoms with Crippen molar-refractivity contribution in [2.24, 2.45) is 0 Å². The summed E-state index contributed by atoms with van der Waals surface area (Å²) in [6, 6.07) is 9.14. The van der Waals surface area contributed by atoms with E-state index in [2.05, 4.69) is 21.2 Å². The van der Waals surface area contributed by atoms with Crippen LogP contribution in [0.25, 0.3) is 0 Å². The maximum absolute atomic E-state index is 9.87. The molecular weight excluding hydrogens is 298 g/mol. The molecule has 0 saturated heterocycles. The minimum atomic E-state index is -0.676. The fraction of sp³-hybridized carbons (Fsp3) is 0.231. The molecule has 1 unspecified atom stereocenters. The van der Waals surface area contributed by atoms with Crippen LogP contribution in [-0.4, -0.2) is 18.8 Å². The third kappa shape index (κ3) is 3.27. The van der Waals surface area contributed by atoms with E-state index in [9.17, 15) is 5.11 Å². The van der Waals surface area contributed by atoms with Gasteiger partial charge in [0.15, 0.2) is 0 Å². The zero-order chi connectivity index (χ0) is 13.0. The van der Waals surface area contributed by atoms with Crippen LogP contribution in [0, 0.1) is 0 Å². The number of methoxy groups -OCH3 is 1. The molecule has 5 heteroatoms. The Balaban J connectivity index is 1.99. The molecule has 4 nitrogen and oxygen atoms in total. The number of ether oxygens (including phenoxy) is 1. The standard InChI is InChI=1S/C13H14BrNO3/c1-17-11-6-9(14)5-10(7-11)15-8-12(16)13-3-2-4-18-13/h2-7,12,15-16H,8H2,1H3. The molecule has 2 N–H and O–H groups in total. The Morgan fingerprint density at radius 1 is 1.44 bits per heavy atom. The summed E-state index contributed by atoms with van der Waals surface area (Å²) in [6.07, 6.45) is 0.866. The minimum absolute atomic E-state index is 0.368. The molecule has 0 radical (unpaired) electrons. The third-order valence-corrected chi connectivity index (χ3v) is 2.94. The summed E-state index contributed by atoms with van der Waals surface area (Å²) >= 11 is 3.40. The van der Waals surface area contributed by atoms with Crippen molar-refractivity contribution in [3.8, 4) is 5.75 Å². The van der Waals surface area contributed by atoms with Crippen molar-refractivity contribution < 1.29 is 14.3 Å². The Morgan fingerprint density at radius 2 is 2.28 bits per heavy atom. The van der Waals surface area contributed by atoms with Gasteiger partial charge in [-0.1, -0.05) is 15.9 Å². The summed E-state index contributed by atoms with van der Waals surface area (Å²) in [6.45, 7) is 0.368. The number of furan rings is 1.